The molecule has 2 aromatic carbocycles. The van der Waals surface area contributed by atoms with Gasteiger partial charge >= 0.3 is 18.2 Å². The maximum atomic E-state index is 14.2. The van der Waals surface area contributed by atoms with E-state index in [9.17, 15) is 43.5 Å². The van der Waals surface area contributed by atoms with Gasteiger partial charge in [-0.15, -0.1) is 0 Å². The van der Waals surface area contributed by atoms with Crippen LogP contribution in [0.15, 0.2) is 48.5 Å². The molecule has 7 N–H and O–H groups in total. The summed E-state index contributed by atoms with van der Waals surface area (Å²) in [6.07, 6.45) is 4.02. The number of carbonyl (C=O) groups excluding carboxylic acids is 7. The van der Waals surface area contributed by atoms with Gasteiger partial charge in [0.05, 0.1) is 0 Å². The van der Waals surface area contributed by atoms with E-state index in [0.29, 0.717) is 24.8 Å². The number of amides is 7. The van der Waals surface area contributed by atoms with Crippen molar-refractivity contribution >= 4 is 47.7 Å². The van der Waals surface area contributed by atoms with Gasteiger partial charge in [0.1, 0.15) is 35.4 Å². The van der Waals surface area contributed by atoms with Crippen LogP contribution >= 0.6 is 0 Å². The van der Waals surface area contributed by atoms with E-state index in [1.165, 1.54) is 10.5 Å². The quantitative estimate of drug-likeness (QED) is 0.0590. The molecule has 0 saturated carbocycles. The lowest BCUT2D eigenvalue weighted by Gasteiger charge is -2.30. The van der Waals surface area contributed by atoms with Crippen molar-refractivity contribution in [3.05, 3.63) is 59.7 Å². The lowest BCUT2D eigenvalue weighted by atomic mass is 10.0. The van der Waals surface area contributed by atoms with E-state index in [4.69, 9.17) is 9.47 Å². The molecule has 18 nitrogen and oxygen atoms in total. The molecular weight excluding hydrogens is 875 g/mol. The average molecular weight is 950 g/mol. The number of carboxylic acids is 1. The topological polar surface area (TPSA) is 251 Å². The molecule has 0 unspecified atom stereocenters. The van der Waals surface area contributed by atoms with Gasteiger partial charge in [-0.2, -0.15) is 0 Å². The van der Waals surface area contributed by atoms with Crippen molar-refractivity contribution in [1.82, 2.24) is 36.8 Å². The third-order valence-electron chi connectivity index (χ3n) is 10.9. The first-order chi connectivity index (χ1) is 32.1. The summed E-state index contributed by atoms with van der Waals surface area (Å²) in [6.45, 7) is 14.8. The largest absolute Gasteiger partial charge is 0.480 e. The van der Waals surface area contributed by atoms with Crippen LogP contribution in [0.1, 0.15) is 142 Å². The first-order valence-electron chi connectivity index (χ1n) is 23.9. The molecular formula is C50H75N7O11. The molecule has 2 aromatic rings. The van der Waals surface area contributed by atoms with Gasteiger partial charge in [-0.05, 0) is 135 Å². The fraction of sp³-hybridized carbons (Fsp3) is 0.600. The number of nitrogens with zero attached hydrogens (tertiary/aromatic N) is 1. The summed E-state index contributed by atoms with van der Waals surface area (Å²) in [4.78, 5) is 105. The molecule has 0 bridgehead atoms. The Balaban J connectivity index is 1.60. The summed E-state index contributed by atoms with van der Waals surface area (Å²) < 4.78 is 10.5. The number of hydrogen-bond acceptors (Lipinski definition) is 10. The lowest BCUT2D eigenvalue weighted by Crippen LogP contribution is -2.57. The van der Waals surface area contributed by atoms with E-state index in [-0.39, 0.29) is 70.6 Å². The minimum absolute atomic E-state index is 0.0178. The molecule has 0 radical (unpaired) electrons. The van der Waals surface area contributed by atoms with Crippen LogP contribution in [0, 0.1) is 0 Å². The highest BCUT2D eigenvalue weighted by molar-refractivity contribution is 5.96. The number of nitrogens with one attached hydrogen (secondary N) is 6. The summed E-state index contributed by atoms with van der Waals surface area (Å²) in [5.74, 6) is -3.98. The monoisotopic (exact) mass is 950 g/mol. The number of unbranched alkanes of at least 4 members (excludes halogenated alkanes) is 2. The molecule has 1 aliphatic rings. The van der Waals surface area contributed by atoms with Crippen molar-refractivity contribution in [2.75, 3.05) is 26.2 Å². The van der Waals surface area contributed by atoms with Gasteiger partial charge in [-0.25, -0.2) is 14.4 Å². The first-order valence-corrected chi connectivity index (χ1v) is 23.9. The summed E-state index contributed by atoms with van der Waals surface area (Å²) in [5.41, 5.74) is 2.32. The predicted molar refractivity (Wildman–Crippen MR) is 257 cm³/mol. The summed E-state index contributed by atoms with van der Waals surface area (Å²) in [6, 6.07) is 11.1. The number of alkyl carbamates (subject to hydrolysis) is 2. The van der Waals surface area contributed by atoms with Gasteiger partial charge in [-0.3, -0.25) is 24.0 Å². The molecule has 0 aliphatic carbocycles. The second-order valence-electron chi connectivity index (χ2n) is 19.1. The number of carboxylic acid groups (broad SMARTS) is 1. The van der Waals surface area contributed by atoms with E-state index in [2.05, 4.69) is 63.1 Å². The van der Waals surface area contributed by atoms with Crippen LogP contribution in [0.4, 0.5) is 9.59 Å². The number of likely N-dealkylation sites (tertiary alicyclic amines) is 1. The maximum absolute atomic E-state index is 14.2. The van der Waals surface area contributed by atoms with Crippen molar-refractivity contribution in [1.29, 1.82) is 0 Å². The highest BCUT2D eigenvalue weighted by Gasteiger charge is 2.39. The molecule has 1 aliphatic heterocycles. The minimum Gasteiger partial charge on any atom is -0.480 e. The van der Waals surface area contributed by atoms with Crippen LogP contribution in [0.25, 0.3) is 11.1 Å². The van der Waals surface area contributed by atoms with Gasteiger partial charge in [0.15, 0.2) is 0 Å². The predicted octanol–water partition coefficient (Wildman–Crippen LogP) is 5.76. The number of benzene rings is 2. The van der Waals surface area contributed by atoms with Crippen LogP contribution < -0.4 is 31.9 Å². The van der Waals surface area contributed by atoms with E-state index in [1.54, 1.807) is 60.6 Å². The Morgan fingerprint density at radius 2 is 1.25 bits per heavy atom. The highest BCUT2D eigenvalue weighted by atomic mass is 16.6. The molecule has 68 heavy (non-hydrogen) atoms. The molecule has 376 valence electrons. The number of rotatable bonds is 25. The summed E-state index contributed by atoms with van der Waals surface area (Å²) >= 11 is 0. The molecule has 0 spiro atoms. The normalized spacial score (nSPS) is 14.9. The Bertz CT molecular complexity index is 2000. The number of ether oxygens (including phenoxy) is 2. The molecule has 1 saturated heterocycles. The Hall–Kier alpha value is -6.20. The SMILES string of the molecule is CCCCc1ccc(-c2ccc(C(=O)NCCC(=O)N[C@@H](CCCNC(=O)OC(C)(C)C)C(=O)N3CCC[C@H]3C(=O)N[C@@H](CC)C(=O)N[C@@H](CCCCNC(=O)OC(C)(C)C)C(=O)O)cc2)cc1. The van der Waals surface area contributed by atoms with Crippen molar-refractivity contribution in [2.45, 2.75) is 168 Å². The van der Waals surface area contributed by atoms with E-state index >= 15 is 0 Å². The molecule has 1 heterocycles. The highest BCUT2D eigenvalue weighted by Crippen LogP contribution is 2.22. The van der Waals surface area contributed by atoms with E-state index < -0.39 is 77.2 Å². The third kappa shape index (κ3) is 20.3. The van der Waals surface area contributed by atoms with Crippen molar-refractivity contribution in [2.24, 2.45) is 0 Å². The van der Waals surface area contributed by atoms with Crippen molar-refractivity contribution in [3.8, 4) is 11.1 Å². The van der Waals surface area contributed by atoms with Gasteiger partial charge in [0.25, 0.3) is 5.91 Å². The minimum atomic E-state index is -1.26. The fourth-order valence-corrected chi connectivity index (χ4v) is 7.42. The maximum Gasteiger partial charge on any atom is 0.407 e. The van der Waals surface area contributed by atoms with Crippen molar-refractivity contribution in [3.63, 3.8) is 0 Å². The van der Waals surface area contributed by atoms with Crippen LogP contribution in [0.2, 0.25) is 0 Å². The van der Waals surface area contributed by atoms with Gasteiger partial charge in [0, 0.05) is 38.2 Å². The fourth-order valence-electron chi connectivity index (χ4n) is 7.42. The second kappa shape index (κ2) is 27.6. The summed E-state index contributed by atoms with van der Waals surface area (Å²) in [7, 11) is 0. The number of aryl methyl sites for hydroxylation is 1. The number of carbonyl (C=O) groups is 8. The van der Waals surface area contributed by atoms with E-state index in [1.807, 2.05) is 12.1 Å². The zero-order chi connectivity index (χ0) is 50.4. The second-order valence-corrected chi connectivity index (χ2v) is 19.1. The molecule has 0 aromatic heterocycles. The zero-order valence-electron chi connectivity index (χ0n) is 41.2. The van der Waals surface area contributed by atoms with E-state index in [0.717, 1.165) is 30.4 Å². The standard InChI is InChI=1S/C50H75N7O11/c1-9-11-16-33-20-22-34(23-21-33)35-24-26-36(27-25-35)42(59)51-31-28-41(58)54-38(18-14-30-53-48(66)68-50(6,7)8)45(62)57-32-15-19-40(57)44(61)55-37(10-2)43(60)56-39(46(63)64)17-12-13-29-52-47(65)67-49(3,4)5/h20-27,37-40H,9-19,28-32H2,1-8H3,(H,51,59)(H,52,65)(H,53,66)(H,54,58)(H,55,61)(H,56,60)(H,63,64)/t37-,38-,39-,40-/m0/s1. The number of hydrogen-bond donors (Lipinski definition) is 7. The lowest BCUT2D eigenvalue weighted by molar-refractivity contribution is -0.143. The summed E-state index contributed by atoms with van der Waals surface area (Å²) in [5, 5.41) is 25.8. The molecule has 18 heteroatoms. The Kier molecular flexibility index (Phi) is 22.8. The van der Waals surface area contributed by atoms with Gasteiger partial charge in [0.2, 0.25) is 23.6 Å². The Morgan fingerprint density at radius 3 is 1.81 bits per heavy atom. The first kappa shape index (κ1) is 56.1. The molecule has 3 rings (SSSR count). The van der Waals surface area contributed by atoms with Gasteiger partial charge < -0.3 is 51.4 Å². The molecule has 7 amide bonds. The van der Waals surface area contributed by atoms with Crippen LogP contribution in [0.3, 0.4) is 0 Å². The van der Waals surface area contributed by atoms with Gasteiger partial charge in [-0.1, -0.05) is 56.7 Å². The van der Waals surface area contributed by atoms with Crippen LogP contribution in [-0.4, -0.2) is 119 Å². The third-order valence-corrected chi connectivity index (χ3v) is 10.9. The molecule has 4 atom stereocenters. The Morgan fingerprint density at radius 1 is 0.676 bits per heavy atom. The zero-order valence-corrected chi connectivity index (χ0v) is 41.2. The Labute approximate surface area is 401 Å². The number of aliphatic carboxylic acids is 1. The smallest absolute Gasteiger partial charge is 0.407 e. The van der Waals surface area contributed by atoms with Crippen molar-refractivity contribution < 1.29 is 52.9 Å². The van der Waals surface area contributed by atoms with Crippen LogP contribution in [0.5, 0.6) is 0 Å². The molecule has 1 fully saturated rings. The average Bonchev–Trinajstić information content (AvgIpc) is 3.77. The van der Waals surface area contributed by atoms with Crippen LogP contribution in [-0.2, 0) is 39.9 Å².